The molecular weight excluding hydrogens is 366 g/mol. The van der Waals surface area contributed by atoms with E-state index in [0.717, 1.165) is 0 Å². The van der Waals surface area contributed by atoms with Crippen molar-refractivity contribution in [2.75, 3.05) is 10.6 Å². The fraction of sp³-hybridized carbons (Fsp3) is 0.0870. The topological polar surface area (TPSA) is 87.3 Å². The Kier molecular flexibility index (Phi) is 6.37. The number of amides is 3. The van der Waals surface area contributed by atoms with Crippen molar-refractivity contribution in [3.63, 3.8) is 0 Å². The molecule has 3 aromatic rings. The van der Waals surface area contributed by atoms with Gasteiger partial charge in [0.05, 0.1) is 11.3 Å². The summed E-state index contributed by atoms with van der Waals surface area (Å²) in [5.41, 5.74) is 1.78. The molecule has 0 saturated carbocycles. The zero-order valence-electron chi connectivity index (χ0n) is 15.9. The van der Waals surface area contributed by atoms with Crippen molar-refractivity contribution in [2.45, 2.75) is 13.0 Å². The lowest BCUT2D eigenvalue weighted by Crippen LogP contribution is -2.41. The highest BCUT2D eigenvalue weighted by Crippen LogP contribution is 2.17. The predicted octanol–water partition coefficient (Wildman–Crippen LogP) is 3.70. The predicted molar refractivity (Wildman–Crippen MR) is 113 cm³/mol. The van der Waals surface area contributed by atoms with E-state index >= 15 is 0 Å². The monoisotopic (exact) mass is 387 g/mol. The normalized spacial score (nSPS) is 11.2. The minimum atomic E-state index is -0.763. The number of para-hydroxylation sites is 2. The number of hydrogen-bond acceptors (Lipinski definition) is 3. The van der Waals surface area contributed by atoms with Crippen LogP contribution in [0, 0.1) is 0 Å². The summed E-state index contributed by atoms with van der Waals surface area (Å²) in [6.07, 6.45) is 0. The number of carbonyl (C=O) groups excluding carboxylic acids is 3. The number of hydrogen-bond donors (Lipinski definition) is 3. The van der Waals surface area contributed by atoms with Crippen molar-refractivity contribution in [2.24, 2.45) is 0 Å². The lowest BCUT2D eigenvalue weighted by atomic mass is 10.1. The molecule has 0 aliphatic rings. The largest absolute Gasteiger partial charge is 0.340 e. The fourth-order valence-electron chi connectivity index (χ4n) is 2.69. The van der Waals surface area contributed by atoms with E-state index in [1.807, 2.05) is 24.3 Å². The summed E-state index contributed by atoms with van der Waals surface area (Å²) >= 11 is 0. The lowest BCUT2D eigenvalue weighted by molar-refractivity contribution is -0.117. The summed E-state index contributed by atoms with van der Waals surface area (Å²) in [4.78, 5) is 37.5. The molecule has 0 bridgehead atoms. The molecule has 3 rings (SSSR count). The first-order valence-corrected chi connectivity index (χ1v) is 9.17. The first-order valence-electron chi connectivity index (χ1n) is 9.17. The second kappa shape index (κ2) is 9.32. The molecule has 0 aliphatic heterocycles. The molecule has 0 fully saturated rings. The van der Waals surface area contributed by atoms with Gasteiger partial charge in [-0.2, -0.15) is 0 Å². The molecule has 146 valence electrons. The van der Waals surface area contributed by atoms with Gasteiger partial charge in [-0.1, -0.05) is 48.5 Å². The Bertz CT molecular complexity index is 1000. The van der Waals surface area contributed by atoms with Crippen molar-refractivity contribution >= 4 is 29.1 Å². The summed E-state index contributed by atoms with van der Waals surface area (Å²) in [5, 5.41) is 8.16. The molecule has 6 heteroatoms. The van der Waals surface area contributed by atoms with Crippen LogP contribution in [0.25, 0.3) is 0 Å². The van der Waals surface area contributed by atoms with E-state index < -0.39 is 11.9 Å². The van der Waals surface area contributed by atoms with Gasteiger partial charge < -0.3 is 16.0 Å². The molecular formula is C23H21N3O3. The molecule has 0 heterocycles. The quantitative estimate of drug-likeness (QED) is 0.603. The van der Waals surface area contributed by atoms with E-state index in [1.54, 1.807) is 67.6 Å². The Morgan fingerprint density at radius 1 is 0.690 bits per heavy atom. The Hall–Kier alpha value is -3.93. The van der Waals surface area contributed by atoms with Gasteiger partial charge in [-0.05, 0) is 43.3 Å². The maximum atomic E-state index is 12.7. The molecule has 0 radical (unpaired) electrons. The average Bonchev–Trinajstić information content (AvgIpc) is 2.75. The summed E-state index contributed by atoms with van der Waals surface area (Å²) in [7, 11) is 0. The van der Waals surface area contributed by atoms with Crippen LogP contribution in [0.15, 0.2) is 84.9 Å². The minimum Gasteiger partial charge on any atom is -0.340 e. The Morgan fingerprint density at radius 2 is 1.28 bits per heavy atom. The van der Waals surface area contributed by atoms with Crippen LogP contribution in [0.5, 0.6) is 0 Å². The smallest absolute Gasteiger partial charge is 0.255 e. The third kappa shape index (κ3) is 5.29. The maximum absolute atomic E-state index is 12.7. The first-order chi connectivity index (χ1) is 14.0. The molecule has 1 unspecified atom stereocenters. The highest BCUT2D eigenvalue weighted by atomic mass is 16.2. The molecule has 6 nitrogen and oxygen atoms in total. The van der Waals surface area contributed by atoms with E-state index in [1.165, 1.54) is 0 Å². The molecule has 3 amide bonds. The Balaban J connectivity index is 1.68. The van der Waals surface area contributed by atoms with Gasteiger partial charge in [0.2, 0.25) is 5.91 Å². The molecule has 29 heavy (non-hydrogen) atoms. The minimum absolute atomic E-state index is 0.274. The van der Waals surface area contributed by atoms with Crippen molar-refractivity contribution in [3.05, 3.63) is 96.1 Å². The fourth-order valence-corrected chi connectivity index (χ4v) is 2.69. The van der Waals surface area contributed by atoms with Crippen LogP contribution in [0.2, 0.25) is 0 Å². The molecule has 3 N–H and O–H groups in total. The zero-order valence-corrected chi connectivity index (χ0v) is 15.9. The lowest BCUT2D eigenvalue weighted by Gasteiger charge is -2.16. The van der Waals surface area contributed by atoms with Gasteiger partial charge in [0.25, 0.3) is 11.8 Å². The van der Waals surface area contributed by atoms with Gasteiger partial charge in [-0.3, -0.25) is 14.4 Å². The van der Waals surface area contributed by atoms with Crippen LogP contribution in [0.4, 0.5) is 11.4 Å². The second-order valence-corrected chi connectivity index (χ2v) is 6.42. The van der Waals surface area contributed by atoms with Gasteiger partial charge in [0.15, 0.2) is 0 Å². The van der Waals surface area contributed by atoms with E-state index in [9.17, 15) is 14.4 Å². The van der Waals surface area contributed by atoms with Gasteiger partial charge >= 0.3 is 0 Å². The summed E-state index contributed by atoms with van der Waals surface area (Å²) in [6.45, 7) is 1.60. The maximum Gasteiger partial charge on any atom is 0.255 e. The van der Waals surface area contributed by atoms with Crippen LogP contribution in [-0.2, 0) is 4.79 Å². The standard InChI is InChI=1S/C23H21N3O3/c1-16(21(27)25-18-12-6-3-7-13-18)24-23(29)19-14-8-9-15-20(19)26-22(28)17-10-4-2-5-11-17/h2-16H,1H3,(H,24,29)(H,25,27)(H,26,28). The van der Waals surface area contributed by atoms with Crippen LogP contribution in [0.3, 0.4) is 0 Å². The number of anilines is 2. The molecule has 1 atom stereocenters. The van der Waals surface area contributed by atoms with Gasteiger partial charge in [-0.15, -0.1) is 0 Å². The highest BCUT2D eigenvalue weighted by molar-refractivity contribution is 6.09. The molecule has 0 saturated heterocycles. The summed E-state index contributed by atoms with van der Waals surface area (Å²) in [6, 6.07) is 23.6. The molecule has 3 aromatic carbocycles. The van der Waals surface area contributed by atoms with Crippen LogP contribution in [0.1, 0.15) is 27.6 Å². The molecule has 0 aromatic heterocycles. The van der Waals surface area contributed by atoms with Gasteiger partial charge in [0, 0.05) is 11.3 Å². The van der Waals surface area contributed by atoms with Crippen molar-refractivity contribution in [3.8, 4) is 0 Å². The number of carbonyl (C=O) groups is 3. The Labute approximate surface area is 169 Å². The van der Waals surface area contributed by atoms with Crippen LogP contribution < -0.4 is 16.0 Å². The number of rotatable bonds is 6. The van der Waals surface area contributed by atoms with E-state index in [4.69, 9.17) is 0 Å². The van der Waals surface area contributed by atoms with E-state index in [0.29, 0.717) is 16.9 Å². The van der Waals surface area contributed by atoms with Crippen molar-refractivity contribution in [1.29, 1.82) is 0 Å². The van der Waals surface area contributed by atoms with Gasteiger partial charge in [0.1, 0.15) is 6.04 Å². The molecule has 0 spiro atoms. The summed E-state index contributed by atoms with van der Waals surface area (Å²) in [5.74, 6) is -1.11. The summed E-state index contributed by atoms with van der Waals surface area (Å²) < 4.78 is 0. The van der Waals surface area contributed by atoms with E-state index in [2.05, 4.69) is 16.0 Å². The van der Waals surface area contributed by atoms with Crippen LogP contribution >= 0.6 is 0 Å². The number of benzene rings is 3. The van der Waals surface area contributed by atoms with Crippen LogP contribution in [-0.4, -0.2) is 23.8 Å². The first kappa shape index (κ1) is 19.8. The third-order valence-electron chi connectivity index (χ3n) is 4.24. The third-order valence-corrected chi connectivity index (χ3v) is 4.24. The average molecular weight is 387 g/mol. The van der Waals surface area contributed by atoms with Crippen molar-refractivity contribution in [1.82, 2.24) is 5.32 Å². The second-order valence-electron chi connectivity index (χ2n) is 6.42. The highest BCUT2D eigenvalue weighted by Gasteiger charge is 2.19. The number of nitrogens with one attached hydrogen (secondary N) is 3. The SMILES string of the molecule is CC(NC(=O)c1ccccc1NC(=O)c1ccccc1)C(=O)Nc1ccccc1. The van der Waals surface area contributed by atoms with Crippen molar-refractivity contribution < 1.29 is 14.4 Å². The van der Waals surface area contributed by atoms with Gasteiger partial charge in [-0.25, -0.2) is 0 Å². The van der Waals surface area contributed by atoms with E-state index in [-0.39, 0.29) is 17.4 Å². The Morgan fingerprint density at radius 3 is 1.97 bits per heavy atom. The zero-order chi connectivity index (χ0) is 20.6. The molecule has 0 aliphatic carbocycles.